The molecule has 1 unspecified atom stereocenters. The van der Waals surface area contributed by atoms with Crippen molar-refractivity contribution < 1.29 is 27.6 Å². The number of piperidine rings is 2. The van der Waals surface area contributed by atoms with Gasteiger partial charge in [-0.1, -0.05) is 74.3 Å². The fraction of sp³-hybridized carbons (Fsp3) is 0.582. The molecule has 4 aromatic rings. The zero-order valence-electron chi connectivity index (χ0n) is 42.7. The monoisotopic (exact) mass is 1050 g/mol. The first kappa shape index (κ1) is 53.7. The van der Waals surface area contributed by atoms with Gasteiger partial charge in [-0.05, 0) is 137 Å². The van der Waals surface area contributed by atoms with Crippen LogP contribution >= 0.6 is 23.2 Å². The topological polar surface area (TPSA) is 163 Å². The van der Waals surface area contributed by atoms with Crippen LogP contribution in [0.15, 0.2) is 71.5 Å². The molecule has 17 heteroatoms. The van der Waals surface area contributed by atoms with Crippen LogP contribution in [0.4, 0.5) is 0 Å². The van der Waals surface area contributed by atoms with Crippen molar-refractivity contribution in [2.45, 2.75) is 134 Å². The van der Waals surface area contributed by atoms with Gasteiger partial charge in [0.25, 0.3) is 0 Å². The number of aryl methyl sites for hydroxylation is 2. The van der Waals surface area contributed by atoms with Crippen LogP contribution in [0, 0.1) is 17.3 Å². The van der Waals surface area contributed by atoms with E-state index in [1.54, 1.807) is 37.6 Å². The number of amides is 4. The van der Waals surface area contributed by atoms with Crippen LogP contribution in [0.3, 0.4) is 0 Å². The Balaban J connectivity index is 0.846. The Kier molecular flexibility index (Phi) is 16.8. The predicted octanol–water partition coefficient (Wildman–Crippen LogP) is 7.85. The number of benzene rings is 3. The van der Waals surface area contributed by atoms with Crippen LogP contribution in [0.1, 0.15) is 127 Å². The number of fused-ring (bicyclic) bond motifs is 1. The van der Waals surface area contributed by atoms with Crippen LogP contribution in [-0.2, 0) is 42.5 Å². The summed E-state index contributed by atoms with van der Waals surface area (Å²) in [6, 6.07) is 19.2. The standard InChI is InChI=1S/C55H73Cl2N7O7S/c1-35(2)48(34-72(70,71)36(3)4)64-51(39-15-17-41(56)18-16-39)44(40-10-7-11-42(57)30-40)31-55(5,53(64)68)32-50(66)58-43-19-12-38(13-20-43)33-62-27-25-61(26-28-62)24-8-9-37-14-21-45-47(29-37)60(6)54(69)63(45)46-22-23-49(65)59-52(46)67/h7,10-11,14-18,21,29-30,35-36,38,43-44,46,48,51H,8-9,12-13,19-20,22-28,31-34H2,1-6H3,(H,58,66)(H,59,65,67)/t38?,43?,44-,46?,48-,51-,55-/m1/s1. The molecule has 14 nitrogen and oxygen atoms in total. The molecule has 2 N–H and O–H groups in total. The van der Waals surface area contributed by atoms with Gasteiger partial charge in [0, 0.05) is 80.7 Å². The van der Waals surface area contributed by atoms with Crippen molar-refractivity contribution in [1.82, 2.24) is 34.5 Å². The highest BCUT2D eigenvalue weighted by atomic mass is 35.5. The number of imide groups is 1. The number of imidazole rings is 1. The molecule has 3 saturated heterocycles. The lowest BCUT2D eigenvalue weighted by Crippen LogP contribution is -2.59. The van der Waals surface area contributed by atoms with Crippen LogP contribution < -0.4 is 16.3 Å². The summed E-state index contributed by atoms with van der Waals surface area (Å²) in [5.74, 6) is -1.26. The molecule has 72 heavy (non-hydrogen) atoms. The van der Waals surface area contributed by atoms with E-state index in [0.29, 0.717) is 34.3 Å². The molecule has 390 valence electrons. The van der Waals surface area contributed by atoms with E-state index >= 15 is 4.79 Å². The summed E-state index contributed by atoms with van der Waals surface area (Å²) in [5.41, 5.74) is 3.01. The number of halogens is 2. The molecule has 5 atom stereocenters. The number of likely N-dealkylation sites (tertiary alicyclic amines) is 1. The van der Waals surface area contributed by atoms with Gasteiger partial charge in [-0.15, -0.1) is 0 Å². The molecule has 4 heterocycles. The van der Waals surface area contributed by atoms with Crippen LogP contribution in [0.2, 0.25) is 10.0 Å². The van der Waals surface area contributed by atoms with Gasteiger partial charge in [0.15, 0.2) is 9.84 Å². The van der Waals surface area contributed by atoms with E-state index in [1.807, 2.05) is 80.3 Å². The Morgan fingerprint density at radius 2 is 1.53 bits per heavy atom. The number of nitrogens with one attached hydrogen (secondary N) is 2. The summed E-state index contributed by atoms with van der Waals surface area (Å²) in [6.45, 7) is 15.2. The van der Waals surface area contributed by atoms with E-state index in [0.717, 1.165) is 100 Å². The summed E-state index contributed by atoms with van der Waals surface area (Å²) in [5, 5.41) is 6.20. The van der Waals surface area contributed by atoms with Crippen molar-refractivity contribution in [2.24, 2.45) is 24.3 Å². The predicted molar refractivity (Wildman–Crippen MR) is 284 cm³/mol. The molecule has 4 amide bonds. The molecule has 4 fully saturated rings. The maximum atomic E-state index is 15.3. The lowest BCUT2D eigenvalue weighted by atomic mass is 9.66. The van der Waals surface area contributed by atoms with Gasteiger partial charge < -0.3 is 20.0 Å². The van der Waals surface area contributed by atoms with E-state index in [1.165, 1.54) is 4.57 Å². The Hall–Kier alpha value is -4.54. The van der Waals surface area contributed by atoms with Gasteiger partial charge in [0.05, 0.1) is 33.5 Å². The molecule has 4 aliphatic rings. The zero-order chi connectivity index (χ0) is 51.6. The summed E-state index contributed by atoms with van der Waals surface area (Å²) >= 11 is 13.0. The third-order valence-corrected chi connectivity index (χ3v) is 18.9. The molecule has 0 spiro atoms. The average Bonchev–Trinajstić information content (AvgIpc) is 3.57. The Labute approximate surface area is 435 Å². The number of aromatic nitrogens is 2. The largest absolute Gasteiger partial charge is 0.353 e. The average molecular weight is 1050 g/mol. The number of nitrogens with zero attached hydrogens (tertiary/aromatic N) is 5. The number of hydrogen-bond donors (Lipinski definition) is 2. The molecule has 1 aliphatic carbocycles. The maximum Gasteiger partial charge on any atom is 0.329 e. The molecule has 3 aliphatic heterocycles. The SMILES string of the molecule is CC(C)[C@@H](CS(=O)(=O)C(C)C)N1C(=O)[C@@](C)(CC(=O)NC2CCC(CN3CCN(CCCc4ccc5c(c4)n(C)c(=O)n5C4CCC(=O)NC4=O)CC3)CC2)C[C@H](c2cccc(Cl)c2)[C@H]1c1ccc(Cl)cc1. The minimum atomic E-state index is -3.58. The smallest absolute Gasteiger partial charge is 0.329 e. The third-order valence-electron chi connectivity index (χ3n) is 16.2. The number of carbonyl (C=O) groups excluding carboxylic acids is 4. The van der Waals surface area contributed by atoms with Crippen molar-refractivity contribution in [3.63, 3.8) is 0 Å². The van der Waals surface area contributed by atoms with Gasteiger partial charge in [-0.2, -0.15) is 0 Å². The molecule has 8 rings (SSSR count). The molecule has 0 radical (unpaired) electrons. The highest BCUT2D eigenvalue weighted by molar-refractivity contribution is 7.92. The van der Waals surface area contributed by atoms with Crippen LogP contribution in [0.5, 0.6) is 0 Å². The number of hydrogen-bond acceptors (Lipinski definition) is 9. The molecule has 1 aromatic heterocycles. The summed E-state index contributed by atoms with van der Waals surface area (Å²) in [7, 11) is -1.85. The van der Waals surface area contributed by atoms with Gasteiger partial charge in [-0.25, -0.2) is 13.2 Å². The lowest BCUT2D eigenvalue weighted by Gasteiger charge is -2.53. The van der Waals surface area contributed by atoms with Crippen molar-refractivity contribution >= 4 is 67.7 Å². The van der Waals surface area contributed by atoms with E-state index in [4.69, 9.17) is 23.2 Å². The van der Waals surface area contributed by atoms with E-state index in [9.17, 15) is 27.6 Å². The Bertz CT molecular complexity index is 2800. The summed E-state index contributed by atoms with van der Waals surface area (Å²) in [6.07, 6.45) is 6.52. The molecular weight excluding hydrogens is 974 g/mol. The Morgan fingerprint density at radius 1 is 0.833 bits per heavy atom. The van der Waals surface area contributed by atoms with Crippen molar-refractivity contribution in [1.29, 1.82) is 0 Å². The maximum absolute atomic E-state index is 15.3. The zero-order valence-corrected chi connectivity index (χ0v) is 45.1. The molecule has 3 aromatic carbocycles. The first-order chi connectivity index (χ1) is 34.2. The highest BCUT2D eigenvalue weighted by Gasteiger charge is 2.53. The second-order valence-electron chi connectivity index (χ2n) is 22.0. The van der Waals surface area contributed by atoms with Gasteiger partial charge in [0.1, 0.15) is 6.04 Å². The quantitative estimate of drug-likeness (QED) is 0.100. The second kappa shape index (κ2) is 22.5. The van der Waals surface area contributed by atoms with Gasteiger partial charge in [-0.3, -0.25) is 33.6 Å². The van der Waals surface area contributed by atoms with E-state index in [-0.39, 0.29) is 59.9 Å². The second-order valence-corrected chi connectivity index (χ2v) is 25.5. The molecule has 0 bridgehead atoms. The minimum Gasteiger partial charge on any atom is -0.353 e. The fourth-order valence-corrected chi connectivity index (χ4v) is 13.7. The summed E-state index contributed by atoms with van der Waals surface area (Å²) < 4.78 is 30.5. The Morgan fingerprint density at radius 3 is 2.18 bits per heavy atom. The fourth-order valence-electron chi connectivity index (χ4n) is 11.9. The normalized spacial score (nSPS) is 25.3. The van der Waals surface area contributed by atoms with Gasteiger partial charge >= 0.3 is 5.69 Å². The van der Waals surface area contributed by atoms with Crippen molar-refractivity contribution in [2.75, 3.05) is 45.0 Å². The first-order valence-corrected chi connectivity index (χ1v) is 28.5. The van der Waals surface area contributed by atoms with Gasteiger partial charge in [0.2, 0.25) is 23.6 Å². The van der Waals surface area contributed by atoms with Crippen molar-refractivity contribution in [3.8, 4) is 0 Å². The lowest BCUT2D eigenvalue weighted by molar-refractivity contribution is -0.158. The van der Waals surface area contributed by atoms with E-state index < -0.39 is 44.5 Å². The first-order valence-electron chi connectivity index (χ1n) is 26.0. The summed E-state index contributed by atoms with van der Waals surface area (Å²) in [4.78, 5) is 74.0. The van der Waals surface area contributed by atoms with Crippen molar-refractivity contribution in [3.05, 3.63) is 104 Å². The minimum absolute atomic E-state index is 0.0183. The third kappa shape index (κ3) is 12.0. The highest BCUT2D eigenvalue weighted by Crippen LogP contribution is 2.53. The van der Waals surface area contributed by atoms with E-state index in [2.05, 4.69) is 20.4 Å². The van der Waals surface area contributed by atoms with Crippen LogP contribution in [0.25, 0.3) is 11.0 Å². The number of carbonyl (C=O) groups is 4. The number of rotatable bonds is 17. The van der Waals surface area contributed by atoms with Crippen LogP contribution in [-0.4, -0.2) is 118 Å². The number of sulfone groups is 1. The number of piperazine rings is 1. The molecular formula is C55H73Cl2N7O7S. The molecule has 1 saturated carbocycles.